The van der Waals surface area contributed by atoms with Crippen molar-refractivity contribution < 1.29 is 0 Å². The van der Waals surface area contributed by atoms with Gasteiger partial charge in [0.25, 0.3) is 0 Å². The molecule has 0 radical (unpaired) electrons. The van der Waals surface area contributed by atoms with Gasteiger partial charge in [-0.2, -0.15) is 16.7 Å². The maximum Gasteiger partial charge on any atom is 0.221 e. The number of hydrogen-bond donors (Lipinski definition) is 2. The molecule has 0 spiro atoms. The lowest BCUT2D eigenvalue weighted by Gasteiger charge is -2.11. The van der Waals surface area contributed by atoms with E-state index >= 15 is 0 Å². The Morgan fingerprint density at radius 3 is 3.27 bits per heavy atom. The summed E-state index contributed by atoms with van der Waals surface area (Å²) in [4.78, 5) is 8.03. The molecule has 1 aromatic rings. The molecule has 0 aromatic carbocycles. The molecule has 1 atom stereocenters. The summed E-state index contributed by atoms with van der Waals surface area (Å²) in [5.41, 5.74) is 5.52. The van der Waals surface area contributed by atoms with Crippen LogP contribution in [0, 0.1) is 0 Å². The minimum absolute atomic E-state index is 0.305. The van der Waals surface area contributed by atoms with Crippen molar-refractivity contribution in [3.63, 3.8) is 0 Å². The molecule has 0 saturated carbocycles. The largest absolute Gasteiger partial charge is 0.368 e. The second-order valence-electron chi connectivity index (χ2n) is 3.44. The van der Waals surface area contributed by atoms with Crippen molar-refractivity contribution in [2.24, 2.45) is 0 Å². The van der Waals surface area contributed by atoms with Gasteiger partial charge in [-0.1, -0.05) is 0 Å². The zero-order valence-electron chi connectivity index (χ0n) is 8.24. The standard InChI is InChI=1S/C9H13BrN4S/c10-7-5-13-9(11)14-8(7)12-4-6-2-1-3-15-6/h5-6H,1-4H2,(H3,11,12,13,14). The molecule has 4 nitrogen and oxygen atoms in total. The predicted octanol–water partition coefficient (Wildman–Crippen LogP) is 2.13. The number of nitrogens with one attached hydrogen (secondary N) is 1. The van der Waals surface area contributed by atoms with Crippen molar-refractivity contribution in [1.29, 1.82) is 0 Å². The summed E-state index contributed by atoms with van der Waals surface area (Å²) in [6, 6.07) is 0. The van der Waals surface area contributed by atoms with Crippen LogP contribution < -0.4 is 11.1 Å². The monoisotopic (exact) mass is 288 g/mol. The SMILES string of the molecule is Nc1ncc(Br)c(NCC2CCCS2)n1. The van der Waals surface area contributed by atoms with Crippen LogP contribution in [0.4, 0.5) is 11.8 Å². The summed E-state index contributed by atoms with van der Waals surface area (Å²) in [5, 5.41) is 4.00. The average molecular weight is 289 g/mol. The highest BCUT2D eigenvalue weighted by molar-refractivity contribution is 9.10. The van der Waals surface area contributed by atoms with Gasteiger partial charge in [0.2, 0.25) is 5.95 Å². The lowest BCUT2D eigenvalue weighted by atomic mass is 10.2. The number of nitrogen functional groups attached to an aromatic ring is 1. The molecule has 1 unspecified atom stereocenters. The fourth-order valence-electron chi connectivity index (χ4n) is 1.52. The van der Waals surface area contributed by atoms with E-state index in [-0.39, 0.29) is 0 Å². The normalized spacial score (nSPS) is 20.5. The van der Waals surface area contributed by atoms with E-state index in [1.54, 1.807) is 6.20 Å². The highest BCUT2D eigenvalue weighted by Gasteiger charge is 2.15. The van der Waals surface area contributed by atoms with Gasteiger partial charge in [0, 0.05) is 18.0 Å². The summed E-state index contributed by atoms with van der Waals surface area (Å²) < 4.78 is 0.861. The quantitative estimate of drug-likeness (QED) is 0.892. The number of thioether (sulfide) groups is 1. The first kappa shape index (κ1) is 11.0. The number of rotatable bonds is 3. The second kappa shape index (κ2) is 5.03. The summed E-state index contributed by atoms with van der Waals surface area (Å²) in [7, 11) is 0. The van der Waals surface area contributed by atoms with Crippen LogP contribution in [0.1, 0.15) is 12.8 Å². The maximum absolute atomic E-state index is 5.52. The Bertz CT molecular complexity index is 341. The minimum Gasteiger partial charge on any atom is -0.368 e. The van der Waals surface area contributed by atoms with E-state index in [1.807, 2.05) is 11.8 Å². The van der Waals surface area contributed by atoms with Gasteiger partial charge in [-0.15, -0.1) is 0 Å². The maximum atomic E-state index is 5.52. The summed E-state index contributed by atoms with van der Waals surface area (Å²) in [6.07, 6.45) is 4.28. The topological polar surface area (TPSA) is 63.8 Å². The number of nitrogens with two attached hydrogens (primary N) is 1. The van der Waals surface area contributed by atoms with Crippen LogP contribution in [-0.2, 0) is 0 Å². The van der Waals surface area contributed by atoms with E-state index in [2.05, 4.69) is 31.2 Å². The van der Waals surface area contributed by atoms with Crippen LogP contribution in [0.2, 0.25) is 0 Å². The van der Waals surface area contributed by atoms with Crippen LogP contribution in [0.15, 0.2) is 10.7 Å². The molecular weight excluding hydrogens is 276 g/mol. The first-order chi connectivity index (χ1) is 7.25. The molecule has 1 aliphatic rings. The molecule has 6 heteroatoms. The Hall–Kier alpha value is -0.490. The average Bonchev–Trinajstić information content (AvgIpc) is 2.72. The van der Waals surface area contributed by atoms with Crippen molar-refractivity contribution in [2.75, 3.05) is 23.3 Å². The highest BCUT2D eigenvalue weighted by Crippen LogP contribution is 2.27. The van der Waals surface area contributed by atoms with Crippen molar-refractivity contribution in [2.45, 2.75) is 18.1 Å². The van der Waals surface area contributed by atoms with E-state index in [0.29, 0.717) is 11.2 Å². The molecule has 1 aliphatic heterocycles. The van der Waals surface area contributed by atoms with Gasteiger partial charge in [0.15, 0.2) is 0 Å². The van der Waals surface area contributed by atoms with Gasteiger partial charge in [-0.3, -0.25) is 0 Å². The predicted molar refractivity (Wildman–Crippen MR) is 68.1 cm³/mol. The molecule has 1 saturated heterocycles. The van der Waals surface area contributed by atoms with Gasteiger partial charge >= 0.3 is 0 Å². The fraction of sp³-hybridized carbons (Fsp3) is 0.556. The van der Waals surface area contributed by atoms with Crippen LogP contribution in [0.3, 0.4) is 0 Å². The number of aromatic nitrogens is 2. The fourth-order valence-corrected chi connectivity index (χ4v) is 3.05. The zero-order chi connectivity index (χ0) is 10.7. The first-order valence-electron chi connectivity index (χ1n) is 4.89. The van der Waals surface area contributed by atoms with E-state index in [4.69, 9.17) is 5.73 Å². The lowest BCUT2D eigenvalue weighted by molar-refractivity contribution is 0.803. The molecule has 0 bridgehead atoms. The van der Waals surface area contributed by atoms with E-state index < -0.39 is 0 Å². The van der Waals surface area contributed by atoms with Crippen LogP contribution in [0.25, 0.3) is 0 Å². The lowest BCUT2D eigenvalue weighted by Crippen LogP contribution is -2.15. The van der Waals surface area contributed by atoms with Gasteiger partial charge in [-0.05, 0) is 34.5 Å². The van der Waals surface area contributed by atoms with Gasteiger partial charge in [0.05, 0.1) is 4.47 Å². The Morgan fingerprint density at radius 2 is 2.53 bits per heavy atom. The van der Waals surface area contributed by atoms with Crippen molar-refractivity contribution in [1.82, 2.24) is 9.97 Å². The first-order valence-corrected chi connectivity index (χ1v) is 6.73. The minimum atomic E-state index is 0.305. The van der Waals surface area contributed by atoms with Gasteiger partial charge < -0.3 is 11.1 Å². The highest BCUT2D eigenvalue weighted by atomic mass is 79.9. The van der Waals surface area contributed by atoms with Gasteiger partial charge in [0.1, 0.15) is 5.82 Å². The Labute approximate surface area is 102 Å². The molecule has 15 heavy (non-hydrogen) atoms. The van der Waals surface area contributed by atoms with Crippen molar-refractivity contribution in [3.8, 4) is 0 Å². The van der Waals surface area contributed by atoms with E-state index in [9.17, 15) is 0 Å². The third-order valence-electron chi connectivity index (χ3n) is 2.28. The molecule has 1 aromatic heterocycles. The van der Waals surface area contributed by atoms with Gasteiger partial charge in [-0.25, -0.2) is 4.98 Å². The summed E-state index contributed by atoms with van der Waals surface area (Å²) in [6.45, 7) is 0.944. The molecule has 0 amide bonds. The molecular formula is C9H13BrN4S. The van der Waals surface area contributed by atoms with E-state index in [1.165, 1.54) is 18.6 Å². The van der Waals surface area contributed by atoms with Crippen molar-refractivity contribution >= 4 is 39.5 Å². The van der Waals surface area contributed by atoms with Crippen LogP contribution >= 0.6 is 27.7 Å². The van der Waals surface area contributed by atoms with Crippen LogP contribution in [-0.4, -0.2) is 27.5 Å². The molecule has 1 fully saturated rings. The third-order valence-corrected chi connectivity index (χ3v) is 4.26. The Balaban J connectivity index is 1.94. The number of nitrogens with zero attached hydrogens (tertiary/aromatic N) is 2. The number of hydrogen-bond acceptors (Lipinski definition) is 5. The Morgan fingerprint density at radius 1 is 1.67 bits per heavy atom. The molecule has 2 rings (SSSR count). The second-order valence-corrected chi connectivity index (χ2v) is 5.70. The number of anilines is 2. The molecule has 2 heterocycles. The smallest absolute Gasteiger partial charge is 0.221 e. The molecule has 82 valence electrons. The molecule has 3 N–H and O–H groups in total. The van der Waals surface area contributed by atoms with Crippen molar-refractivity contribution in [3.05, 3.63) is 10.7 Å². The summed E-state index contributed by atoms with van der Waals surface area (Å²) >= 11 is 5.41. The molecule has 0 aliphatic carbocycles. The number of halogens is 1. The zero-order valence-corrected chi connectivity index (χ0v) is 10.6. The van der Waals surface area contributed by atoms with Crippen LogP contribution in [0.5, 0.6) is 0 Å². The Kier molecular flexibility index (Phi) is 3.69. The van der Waals surface area contributed by atoms with E-state index in [0.717, 1.165) is 16.8 Å². The summed E-state index contributed by atoms with van der Waals surface area (Å²) in [5.74, 6) is 2.37. The third kappa shape index (κ3) is 2.98.